The lowest BCUT2D eigenvalue weighted by Crippen LogP contribution is -2.43. The van der Waals surface area contributed by atoms with Crippen LogP contribution in [0, 0.1) is 18.7 Å². The van der Waals surface area contributed by atoms with E-state index in [1.54, 1.807) is 18.3 Å². The number of hydrogen-bond acceptors (Lipinski definition) is 9. The van der Waals surface area contributed by atoms with Gasteiger partial charge in [-0.25, -0.2) is 28.7 Å². The number of nitrogens with zero attached hydrogens (tertiary/aromatic N) is 7. The number of anilines is 1. The second-order valence-electron chi connectivity index (χ2n) is 13.5. The van der Waals surface area contributed by atoms with Gasteiger partial charge in [0.05, 0.1) is 5.69 Å². The Hall–Kier alpha value is -4.75. The Morgan fingerprint density at radius 3 is 2.55 bits per heavy atom. The van der Waals surface area contributed by atoms with Crippen molar-refractivity contribution in [1.29, 1.82) is 0 Å². The molecule has 49 heavy (non-hydrogen) atoms. The number of halogens is 1. The minimum atomic E-state index is -0.799. The summed E-state index contributed by atoms with van der Waals surface area (Å²) in [6.45, 7) is 6.69. The van der Waals surface area contributed by atoms with Crippen LogP contribution in [0.25, 0.3) is 5.82 Å². The van der Waals surface area contributed by atoms with Crippen molar-refractivity contribution in [1.82, 2.24) is 33.9 Å². The first kappa shape index (κ1) is 32.8. The van der Waals surface area contributed by atoms with Gasteiger partial charge in [0.25, 0.3) is 11.5 Å². The molecule has 1 aliphatic carbocycles. The summed E-state index contributed by atoms with van der Waals surface area (Å²) in [6.07, 6.45) is 10.8. The molecule has 1 amide bonds. The second-order valence-corrected chi connectivity index (χ2v) is 13.5. The van der Waals surface area contributed by atoms with Crippen molar-refractivity contribution in [3.63, 3.8) is 0 Å². The molecule has 1 N–H and O–H groups in total. The fourth-order valence-electron chi connectivity index (χ4n) is 7.16. The number of benzene rings is 1. The maximum atomic E-state index is 15.4. The fraction of sp³-hybridized carbons (Fsp3) is 0.444. The van der Waals surface area contributed by atoms with Crippen LogP contribution in [-0.4, -0.2) is 73.0 Å². The predicted molar refractivity (Wildman–Crippen MR) is 182 cm³/mol. The highest BCUT2D eigenvalue weighted by molar-refractivity contribution is 6.03. The highest BCUT2D eigenvalue weighted by Gasteiger charge is 2.27. The average Bonchev–Trinajstić information content (AvgIpc) is 3.63. The number of likely N-dealkylation sites (tertiary alicyclic amines) is 1. The molecule has 2 fully saturated rings. The maximum absolute atomic E-state index is 15.4. The SMILES string of the molecule is Cc1ccc(-n2c(=O)c(C(=O)Nc3ccc(Oc4ncnc5c4CCN(CC4CCN(C)CC4)C5)c(F)c3)cn(C3CCCC3)c2=O)nc1. The van der Waals surface area contributed by atoms with Crippen LogP contribution in [0.5, 0.6) is 11.6 Å². The highest BCUT2D eigenvalue weighted by atomic mass is 19.1. The van der Waals surface area contributed by atoms with Crippen molar-refractivity contribution < 1.29 is 13.9 Å². The molecule has 12 nitrogen and oxygen atoms in total. The largest absolute Gasteiger partial charge is 0.436 e. The second kappa shape index (κ2) is 14.0. The predicted octanol–water partition coefficient (Wildman–Crippen LogP) is 4.49. The standard InChI is InChI=1S/C36H41FN8O4/c1-23-7-10-32(38-18-23)45-35(47)28(20-44(36(45)48)26-5-3-4-6-26)33(46)41-25-8-9-31(29(37)17-25)49-34-27-13-16-43(21-30(27)39-22-40-34)19-24-11-14-42(2)15-12-24/h7-10,17-18,20,22,24,26H,3-6,11-16,19,21H2,1-2H3,(H,41,46). The van der Waals surface area contributed by atoms with E-state index in [0.717, 1.165) is 79.3 Å². The Labute approximate surface area is 283 Å². The number of fused-ring (bicyclic) bond motifs is 1. The number of hydrogen-bond donors (Lipinski definition) is 1. The van der Waals surface area contributed by atoms with E-state index in [1.165, 1.54) is 42.1 Å². The molecule has 1 aromatic carbocycles. The van der Waals surface area contributed by atoms with E-state index >= 15 is 4.39 Å². The Morgan fingerprint density at radius 2 is 1.82 bits per heavy atom. The molecule has 5 heterocycles. The highest BCUT2D eigenvalue weighted by Crippen LogP contribution is 2.32. The third kappa shape index (κ3) is 7.04. The molecule has 0 atom stereocenters. The summed E-state index contributed by atoms with van der Waals surface area (Å²) in [6, 6.07) is 7.24. The summed E-state index contributed by atoms with van der Waals surface area (Å²) >= 11 is 0. The van der Waals surface area contributed by atoms with Crippen molar-refractivity contribution in [3.8, 4) is 17.4 Å². The summed E-state index contributed by atoms with van der Waals surface area (Å²) < 4.78 is 23.8. The van der Waals surface area contributed by atoms with Crippen molar-refractivity contribution in [2.45, 2.75) is 64.5 Å². The molecule has 3 aliphatic rings. The van der Waals surface area contributed by atoms with Gasteiger partial charge in [0.1, 0.15) is 17.7 Å². The van der Waals surface area contributed by atoms with Crippen LogP contribution in [0.1, 0.15) is 71.7 Å². The zero-order valence-corrected chi connectivity index (χ0v) is 27.9. The lowest BCUT2D eigenvalue weighted by atomic mass is 9.95. The van der Waals surface area contributed by atoms with Gasteiger partial charge in [-0.05, 0) is 88.8 Å². The van der Waals surface area contributed by atoms with E-state index in [0.29, 0.717) is 24.8 Å². The van der Waals surface area contributed by atoms with Gasteiger partial charge in [0.2, 0.25) is 5.88 Å². The fourth-order valence-corrected chi connectivity index (χ4v) is 7.16. The molecule has 0 bridgehead atoms. The van der Waals surface area contributed by atoms with E-state index in [4.69, 9.17) is 4.74 Å². The molecule has 7 rings (SSSR count). The van der Waals surface area contributed by atoms with Gasteiger partial charge in [0, 0.05) is 55.4 Å². The number of nitrogens with one attached hydrogen (secondary N) is 1. The first-order valence-electron chi connectivity index (χ1n) is 17.1. The van der Waals surface area contributed by atoms with Crippen LogP contribution in [0.15, 0.2) is 58.6 Å². The zero-order chi connectivity index (χ0) is 34.1. The Morgan fingerprint density at radius 1 is 1.02 bits per heavy atom. The van der Waals surface area contributed by atoms with Crippen LogP contribution >= 0.6 is 0 Å². The Balaban J connectivity index is 1.08. The number of pyridine rings is 1. The van der Waals surface area contributed by atoms with Gasteiger partial charge in [-0.3, -0.25) is 19.1 Å². The first-order chi connectivity index (χ1) is 23.7. The van der Waals surface area contributed by atoms with Gasteiger partial charge in [-0.15, -0.1) is 0 Å². The molecular weight excluding hydrogens is 627 g/mol. The minimum absolute atomic E-state index is 0.0461. The lowest BCUT2D eigenvalue weighted by molar-refractivity contribution is 0.102. The molecule has 2 aliphatic heterocycles. The molecule has 1 saturated heterocycles. The van der Waals surface area contributed by atoms with Crippen LogP contribution in [-0.2, 0) is 13.0 Å². The van der Waals surface area contributed by atoms with Crippen LogP contribution in [0.3, 0.4) is 0 Å². The smallest absolute Gasteiger partial charge is 0.337 e. The quantitative estimate of drug-likeness (QED) is 0.289. The third-order valence-corrected chi connectivity index (χ3v) is 10.00. The monoisotopic (exact) mass is 668 g/mol. The molecular formula is C36H41FN8O4. The first-order valence-corrected chi connectivity index (χ1v) is 17.1. The van der Waals surface area contributed by atoms with Crippen molar-refractivity contribution in [3.05, 3.63) is 98.1 Å². The van der Waals surface area contributed by atoms with Gasteiger partial charge in [0.15, 0.2) is 11.6 Å². The normalized spacial score (nSPS) is 17.6. The van der Waals surface area contributed by atoms with Crippen LogP contribution in [0.2, 0.25) is 0 Å². The number of amides is 1. The van der Waals surface area contributed by atoms with Crippen molar-refractivity contribution >= 4 is 11.6 Å². The van der Waals surface area contributed by atoms with E-state index in [-0.39, 0.29) is 28.9 Å². The molecule has 256 valence electrons. The van der Waals surface area contributed by atoms with Crippen LogP contribution < -0.4 is 21.3 Å². The number of aromatic nitrogens is 5. The molecule has 0 unspecified atom stereocenters. The Kier molecular flexibility index (Phi) is 9.37. The maximum Gasteiger partial charge on any atom is 0.337 e. The number of rotatable bonds is 8. The van der Waals surface area contributed by atoms with Crippen molar-refractivity contribution in [2.24, 2.45) is 5.92 Å². The van der Waals surface area contributed by atoms with E-state index in [2.05, 4.69) is 37.1 Å². The summed E-state index contributed by atoms with van der Waals surface area (Å²) in [5, 5.41) is 2.63. The molecule has 0 radical (unpaired) electrons. The number of aryl methyl sites for hydroxylation is 1. The van der Waals surface area contributed by atoms with Crippen molar-refractivity contribution in [2.75, 3.05) is 38.5 Å². The van der Waals surface area contributed by atoms with Gasteiger partial charge < -0.3 is 15.0 Å². The molecule has 4 aromatic rings. The topological polar surface area (TPSA) is 127 Å². The average molecular weight is 669 g/mol. The van der Waals surface area contributed by atoms with Gasteiger partial charge in [-0.2, -0.15) is 0 Å². The lowest BCUT2D eigenvalue weighted by Gasteiger charge is -2.35. The minimum Gasteiger partial charge on any atom is -0.436 e. The van der Waals surface area contributed by atoms with Gasteiger partial charge >= 0.3 is 5.69 Å². The van der Waals surface area contributed by atoms with E-state index in [9.17, 15) is 14.4 Å². The van der Waals surface area contributed by atoms with Crippen LogP contribution in [0.4, 0.5) is 10.1 Å². The van der Waals surface area contributed by atoms with E-state index < -0.39 is 23.0 Å². The molecule has 0 spiro atoms. The summed E-state index contributed by atoms with van der Waals surface area (Å²) in [5.41, 5.74) is 1.16. The van der Waals surface area contributed by atoms with Gasteiger partial charge in [-0.1, -0.05) is 18.9 Å². The zero-order valence-electron chi connectivity index (χ0n) is 27.9. The number of carbonyl (C=O) groups is 1. The third-order valence-electron chi connectivity index (χ3n) is 10.00. The summed E-state index contributed by atoms with van der Waals surface area (Å²) in [5.74, 6) is -0.392. The number of piperidine rings is 1. The summed E-state index contributed by atoms with van der Waals surface area (Å²) in [4.78, 5) is 58.5. The van der Waals surface area contributed by atoms with E-state index in [1.807, 2.05) is 6.92 Å². The summed E-state index contributed by atoms with van der Waals surface area (Å²) in [7, 11) is 2.17. The number of carbonyl (C=O) groups excluding carboxylic acids is 1. The number of ether oxygens (including phenoxy) is 1. The Bertz CT molecular complexity index is 1960. The molecule has 13 heteroatoms. The molecule has 1 saturated carbocycles. The molecule has 3 aromatic heterocycles.